The maximum absolute atomic E-state index is 12.7. The number of sulfone groups is 1. The fourth-order valence-electron chi connectivity index (χ4n) is 4.38. The Hall–Kier alpha value is -2.14. The highest BCUT2D eigenvalue weighted by Crippen LogP contribution is 2.31. The van der Waals surface area contributed by atoms with Gasteiger partial charge in [-0.3, -0.25) is 9.59 Å². The lowest BCUT2D eigenvalue weighted by Crippen LogP contribution is -2.48. The van der Waals surface area contributed by atoms with E-state index in [-0.39, 0.29) is 41.8 Å². The van der Waals surface area contributed by atoms with Gasteiger partial charge in [0.1, 0.15) is 0 Å². The molecule has 7 nitrogen and oxygen atoms in total. The summed E-state index contributed by atoms with van der Waals surface area (Å²) in [7, 11) is -5.42. The molecule has 1 aromatic rings. The number of hydrogen-bond donors (Lipinski definition) is 2. The standard InChI is InChI=1S/C21H28F3N3O4S/c22-21(23,24)32(30,31)16-7-5-15(6-8-16)26-19(28)13-14-9-11-27(12-10-14)20(29)17-3-1-2-4-18(17)25/h5-8,14,17-18H,1-4,9-13,25H2,(H,26,28). The summed E-state index contributed by atoms with van der Waals surface area (Å²) < 4.78 is 60.6. The SMILES string of the molecule is NC1CCCCC1C(=O)N1CCC(CC(=O)Nc2ccc(S(=O)(=O)C(F)(F)F)cc2)CC1. The first kappa shape index (κ1) is 24.5. The molecule has 0 bridgehead atoms. The summed E-state index contributed by atoms with van der Waals surface area (Å²) in [6.45, 7) is 1.15. The van der Waals surface area contributed by atoms with E-state index in [4.69, 9.17) is 5.73 Å². The molecule has 1 aliphatic heterocycles. The van der Waals surface area contributed by atoms with Crippen LogP contribution in [0.4, 0.5) is 18.9 Å². The number of nitrogens with zero attached hydrogens (tertiary/aromatic N) is 1. The minimum absolute atomic E-state index is 0.0859. The Balaban J connectivity index is 1.48. The van der Waals surface area contributed by atoms with Crippen molar-refractivity contribution < 1.29 is 31.2 Å². The van der Waals surface area contributed by atoms with Gasteiger partial charge in [0.15, 0.2) is 0 Å². The van der Waals surface area contributed by atoms with E-state index in [0.29, 0.717) is 25.9 Å². The summed E-state index contributed by atoms with van der Waals surface area (Å²) in [4.78, 5) is 26.0. The predicted octanol–water partition coefficient (Wildman–Crippen LogP) is 3.06. The van der Waals surface area contributed by atoms with Crippen LogP contribution in [-0.4, -0.2) is 49.8 Å². The molecule has 11 heteroatoms. The van der Waals surface area contributed by atoms with Crippen molar-refractivity contribution in [2.45, 2.75) is 61.4 Å². The average Bonchev–Trinajstić information content (AvgIpc) is 2.74. The van der Waals surface area contributed by atoms with E-state index >= 15 is 0 Å². The second-order valence-corrected chi connectivity index (χ2v) is 10.5. The van der Waals surface area contributed by atoms with Crippen LogP contribution in [0.15, 0.2) is 29.2 Å². The van der Waals surface area contributed by atoms with Gasteiger partial charge in [-0.2, -0.15) is 13.2 Å². The molecule has 2 fully saturated rings. The Morgan fingerprint density at radius 3 is 2.19 bits per heavy atom. The number of anilines is 1. The van der Waals surface area contributed by atoms with Crippen molar-refractivity contribution in [1.29, 1.82) is 0 Å². The monoisotopic (exact) mass is 475 g/mol. The molecule has 0 aromatic heterocycles. The number of nitrogens with one attached hydrogen (secondary N) is 1. The molecule has 1 heterocycles. The third-order valence-electron chi connectivity index (χ3n) is 6.29. The third kappa shape index (κ3) is 5.61. The molecule has 0 radical (unpaired) electrons. The van der Waals surface area contributed by atoms with Gasteiger partial charge in [0.25, 0.3) is 9.84 Å². The number of nitrogens with two attached hydrogens (primary N) is 1. The lowest BCUT2D eigenvalue weighted by molar-refractivity contribution is -0.138. The Morgan fingerprint density at radius 1 is 1.03 bits per heavy atom. The quantitative estimate of drug-likeness (QED) is 0.680. The lowest BCUT2D eigenvalue weighted by atomic mass is 9.83. The average molecular weight is 476 g/mol. The Kier molecular flexibility index (Phi) is 7.49. The molecule has 3 rings (SSSR count). The molecule has 1 saturated carbocycles. The summed E-state index contributed by atoms with van der Waals surface area (Å²) >= 11 is 0. The normalized spacial score (nSPS) is 23.1. The summed E-state index contributed by atoms with van der Waals surface area (Å²) in [5, 5.41) is 2.59. The molecule has 0 spiro atoms. The van der Waals surface area contributed by atoms with Crippen molar-refractivity contribution >= 4 is 27.3 Å². The smallest absolute Gasteiger partial charge is 0.342 e. The predicted molar refractivity (Wildman–Crippen MR) is 112 cm³/mol. The number of piperidine rings is 1. The van der Waals surface area contributed by atoms with Crippen LogP contribution in [0, 0.1) is 11.8 Å². The molecule has 2 unspecified atom stereocenters. The van der Waals surface area contributed by atoms with E-state index in [1.165, 1.54) is 0 Å². The molecular formula is C21H28F3N3O4S. The van der Waals surface area contributed by atoms with Crippen LogP contribution in [0.2, 0.25) is 0 Å². The van der Waals surface area contributed by atoms with Crippen LogP contribution in [0.1, 0.15) is 44.9 Å². The van der Waals surface area contributed by atoms with Crippen molar-refractivity contribution in [2.24, 2.45) is 17.6 Å². The third-order valence-corrected chi connectivity index (χ3v) is 7.79. The van der Waals surface area contributed by atoms with Gasteiger partial charge < -0.3 is 16.0 Å². The zero-order chi connectivity index (χ0) is 23.5. The fourth-order valence-corrected chi connectivity index (χ4v) is 5.15. The van der Waals surface area contributed by atoms with Crippen molar-refractivity contribution in [1.82, 2.24) is 4.90 Å². The zero-order valence-electron chi connectivity index (χ0n) is 17.6. The maximum Gasteiger partial charge on any atom is 0.501 e. The maximum atomic E-state index is 12.7. The van der Waals surface area contributed by atoms with E-state index in [9.17, 15) is 31.2 Å². The van der Waals surface area contributed by atoms with Crippen molar-refractivity contribution in [3.8, 4) is 0 Å². The minimum atomic E-state index is -5.42. The zero-order valence-corrected chi connectivity index (χ0v) is 18.4. The van der Waals surface area contributed by atoms with E-state index in [0.717, 1.165) is 49.9 Å². The van der Waals surface area contributed by atoms with Crippen LogP contribution in [0.25, 0.3) is 0 Å². The van der Waals surface area contributed by atoms with Gasteiger partial charge in [0.2, 0.25) is 11.8 Å². The highest BCUT2D eigenvalue weighted by atomic mass is 32.2. The van der Waals surface area contributed by atoms with Crippen LogP contribution in [0.3, 0.4) is 0 Å². The van der Waals surface area contributed by atoms with E-state index in [1.54, 1.807) is 0 Å². The fraction of sp³-hybridized carbons (Fsp3) is 0.619. The molecule has 3 N–H and O–H groups in total. The number of benzene rings is 1. The molecule has 2 aliphatic rings. The minimum Gasteiger partial charge on any atom is -0.342 e. The molecule has 1 saturated heterocycles. The van der Waals surface area contributed by atoms with E-state index in [1.807, 2.05) is 4.90 Å². The Morgan fingerprint density at radius 2 is 1.62 bits per heavy atom. The first-order valence-electron chi connectivity index (χ1n) is 10.7. The summed E-state index contributed by atoms with van der Waals surface area (Å²) in [6.07, 6.45) is 5.36. The molecule has 1 aliphatic carbocycles. The van der Waals surface area contributed by atoms with Crippen molar-refractivity contribution in [2.75, 3.05) is 18.4 Å². The van der Waals surface area contributed by atoms with Gasteiger partial charge in [-0.15, -0.1) is 0 Å². The number of amides is 2. The Bertz CT molecular complexity index is 927. The largest absolute Gasteiger partial charge is 0.501 e. The van der Waals surface area contributed by atoms with Gasteiger partial charge in [0.05, 0.1) is 10.8 Å². The van der Waals surface area contributed by atoms with E-state index < -0.39 is 20.2 Å². The van der Waals surface area contributed by atoms with E-state index in [2.05, 4.69) is 5.32 Å². The first-order valence-corrected chi connectivity index (χ1v) is 12.2. The number of carbonyl (C=O) groups is 2. The first-order chi connectivity index (χ1) is 15.0. The van der Waals surface area contributed by atoms with Crippen molar-refractivity contribution in [3.05, 3.63) is 24.3 Å². The summed E-state index contributed by atoms with van der Waals surface area (Å²) in [5.74, 6) is -0.235. The lowest BCUT2D eigenvalue weighted by Gasteiger charge is -2.37. The molecule has 178 valence electrons. The number of alkyl halides is 3. The molecule has 2 atom stereocenters. The number of hydrogen-bond acceptors (Lipinski definition) is 5. The topological polar surface area (TPSA) is 110 Å². The molecular weight excluding hydrogens is 447 g/mol. The highest BCUT2D eigenvalue weighted by Gasteiger charge is 2.46. The number of likely N-dealkylation sites (tertiary alicyclic amines) is 1. The summed E-state index contributed by atoms with van der Waals surface area (Å²) in [5.41, 5.74) is 0.957. The second kappa shape index (κ2) is 9.78. The van der Waals surface area contributed by atoms with Crippen LogP contribution >= 0.6 is 0 Å². The Labute approximate surface area is 185 Å². The number of rotatable bonds is 5. The van der Waals surface area contributed by atoms with Crippen LogP contribution < -0.4 is 11.1 Å². The molecule has 32 heavy (non-hydrogen) atoms. The van der Waals surface area contributed by atoms with Gasteiger partial charge >= 0.3 is 5.51 Å². The summed E-state index contributed by atoms with van der Waals surface area (Å²) in [6, 6.07) is 3.81. The highest BCUT2D eigenvalue weighted by molar-refractivity contribution is 7.92. The van der Waals surface area contributed by atoms with Gasteiger partial charge in [0, 0.05) is 31.2 Å². The van der Waals surface area contributed by atoms with Gasteiger partial charge in [-0.05, 0) is 55.9 Å². The van der Waals surface area contributed by atoms with Crippen molar-refractivity contribution in [3.63, 3.8) is 0 Å². The van der Waals surface area contributed by atoms with Gasteiger partial charge in [-0.25, -0.2) is 8.42 Å². The second-order valence-electron chi connectivity index (χ2n) is 8.55. The van der Waals surface area contributed by atoms with Crippen LogP contribution in [0.5, 0.6) is 0 Å². The number of halogens is 3. The van der Waals surface area contributed by atoms with Gasteiger partial charge in [-0.1, -0.05) is 12.8 Å². The molecule has 2 amide bonds. The number of carbonyl (C=O) groups excluding carboxylic acids is 2. The van der Waals surface area contributed by atoms with Crippen LogP contribution in [-0.2, 0) is 19.4 Å². The molecule has 1 aromatic carbocycles.